The van der Waals surface area contributed by atoms with Crippen LogP contribution in [-0.4, -0.2) is 73.4 Å². The van der Waals surface area contributed by atoms with Gasteiger partial charge in [-0.05, 0) is 55.6 Å². The van der Waals surface area contributed by atoms with Gasteiger partial charge >= 0.3 is 0 Å². The number of hydrogen-bond acceptors (Lipinski definition) is 5. The van der Waals surface area contributed by atoms with E-state index in [1.807, 2.05) is 12.1 Å². The Balaban J connectivity index is 1.30. The summed E-state index contributed by atoms with van der Waals surface area (Å²) in [5.74, 6) is 0.849. The highest BCUT2D eigenvalue weighted by molar-refractivity contribution is 5.53. The minimum absolute atomic E-state index is 0.0507. The molecule has 1 N–H and O–H groups in total. The second-order valence-electron chi connectivity index (χ2n) is 8.56. The fourth-order valence-corrected chi connectivity index (χ4v) is 4.87. The Kier molecular flexibility index (Phi) is 7.26. The van der Waals surface area contributed by atoms with Crippen molar-refractivity contribution in [2.24, 2.45) is 0 Å². The number of nitrogens with zero attached hydrogens (tertiary/aromatic N) is 3. The highest BCUT2D eigenvalue weighted by Crippen LogP contribution is 2.24. The summed E-state index contributed by atoms with van der Waals surface area (Å²) in [4.78, 5) is 7.85. The van der Waals surface area contributed by atoms with E-state index in [0.717, 1.165) is 45.0 Å². The lowest BCUT2D eigenvalue weighted by Crippen LogP contribution is -2.55. The number of hydrogen-bond donors (Lipinski definition) is 1. The molecular weight excluding hydrogens is 374 g/mol. The van der Waals surface area contributed by atoms with Gasteiger partial charge in [-0.1, -0.05) is 30.3 Å². The van der Waals surface area contributed by atoms with Crippen LogP contribution in [0.15, 0.2) is 48.5 Å². The van der Waals surface area contributed by atoms with Crippen molar-refractivity contribution in [1.82, 2.24) is 9.80 Å². The van der Waals surface area contributed by atoms with Gasteiger partial charge in [0.05, 0.1) is 6.61 Å². The summed E-state index contributed by atoms with van der Waals surface area (Å²) in [5, 5.41) is 8.96. The van der Waals surface area contributed by atoms with Crippen molar-refractivity contribution in [2.45, 2.75) is 32.4 Å². The maximum atomic E-state index is 8.96. The monoisotopic (exact) mass is 409 g/mol. The van der Waals surface area contributed by atoms with Gasteiger partial charge in [0.15, 0.2) is 0 Å². The zero-order valence-corrected chi connectivity index (χ0v) is 18.2. The molecular formula is C25H35N3O2. The van der Waals surface area contributed by atoms with E-state index in [4.69, 9.17) is 9.84 Å². The molecule has 5 nitrogen and oxygen atoms in total. The normalized spacial score (nSPS) is 21.0. The molecule has 2 heterocycles. The Hall–Kier alpha value is -2.08. The number of aliphatic hydroxyl groups excluding tert-OH is 1. The average molecular weight is 410 g/mol. The molecule has 4 rings (SSSR count). The van der Waals surface area contributed by atoms with Crippen molar-refractivity contribution in [3.8, 4) is 5.75 Å². The van der Waals surface area contributed by atoms with E-state index in [9.17, 15) is 0 Å². The van der Waals surface area contributed by atoms with Crippen molar-refractivity contribution in [1.29, 1.82) is 0 Å². The van der Waals surface area contributed by atoms with Crippen LogP contribution in [0.3, 0.4) is 0 Å². The van der Waals surface area contributed by atoms with Crippen LogP contribution in [0.1, 0.15) is 24.0 Å². The largest absolute Gasteiger partial charge is 0.491 e. The molecule has 0 amide bonds. The third-order valence-electron chi connectivity index (χ3n) is 6.43. The van der Waals surface area contributed by atoms with Crippen molar-refractivity contribution in [2.75, 3.05) is 57.4 Å². The number of rotatable bonds is 7. The predicted octanol–water partition coefficient (Wildman–Crippen LogP) is 3.15. The minimum Gasteiger partial charge on any atom is -0.491 e. The zero-order chi connectivity index (χ0) is 20.8. The molecule has 0 bridgehead atoms. The van der Waals surface area contributed by atoms with Crippen LogP contribution in [0.5, 0.6) is 5.75 Å². The van der Waals surface area contributed by atoms with Crippen LogP contribution < -0.4 is 9.64 Å². The summed E-state index contributed by atoms with van der Waals surface area (Å²) in [7, 11) is 0. The predicted molar refractivity (Wildman–Crippen MR) is 122 cm³/mol. The molecule has 30 heavy (non-hydrogen) atoms. The van der Waals surface area contributed by atoms with Crippen LogP contribution in [0.4, 0.5) is 5.69 Å². The number of likely N-dealkylation sites (tertiary alicyclic amines) is 1. The molecule has 0 spiro atoms. The number of piperazine rings is 1. The van der Waals surface area contributed by atoms with Gasteiger partial charge in [-0.2, -0.15) is 0 Å². The molecule has 162 valence electrons. The molecule has 2 aromatic rings. The van der Waals surface area contributed by atoms with E-state index in [-0.39, 0.29) is 6.61 Å². The summed E-state index contributed by atoms with van der Waals surface area (Å²) in [6.07, 6.45) is 2.57. The van der Waals surface area contributed by atoms with Gasteiger partial charge < -0.3 is 14.7 Å². The van der Waals surface area contributed by atoms with E-state index in [2.05, 4.69) is 58.0 Å². The molecule has 2 aliphatic heterocycles. The fraction of sp³-hybridized carbons (Fsp3) is 0.520. The van der Waals surface area contributed by atoms with Gasteiger partial charge in [-0.15, -0.1) is 0 Å². The van der Waals surface area contributed by atoms with E-state index in [1.54, 1.807) is 0 Å². The van der Waals surface area contributed by atoms with Crippen LogP contribution in [0, 0.1) is 6.92 Å². The van der Waals surface area contributed by atoms with Gasteiger partial charge in [-0.3, -0.25) is 9.80 Å². The summed E-state index contributed by atoms with van der Waals surface area (Å²) >= 11 is 0. The SMILES string of the molecule is Cc1ccccc1N1CCN([C@H]2CCCN(Cc3cccc(OCCO)c3)C2)CC1. The van der Waals surface area contributed by atoms with Crippen molar-refractivity contribution in [3.05, 3.63) is 59.7 Å². The number of para-hydroxylation sites is 1. The van der Waals surface area contributed by atoms with Crippen LogP contribution in [0.25, 0.3) is 0 Å². The Bertz CT molecular complexity index is 804. The van der Waals surface area contributed by atoms with Gasteiger partial charge in [-0.25, -0.2) is 0 Å². The lowest BCUT2D eigenvalue weighted by Gasteiger charge is -2.44. The molecule has 5 heteroatoms. The molecule has 2 fully saturated rings. The fourth-order valence-electron chi connectivity index (χ4n) is 4.87. The van der Waals surface area contributed by atoms with Gasteiger partial charge in [0, 0.05) is 51.0 Å². The van der Waals surface area contributed by atoms with E-state index >= 15 is 0 Å². The molecule has 2 saturated heterocycles. The van der Waals surface area contributed by atoms with Gasteiger partial charge in [0.1, 0.15) is 12.4 Å². The first-order valence-electron chi connectivity index (χ1n) is 11.3. The summed E-state index contributed by atoms with van der Waals surface area (Å²) < 4.78 is 5.57. The topological polar surface area (TPSA) is 39.2 Å². The average Bonchev–Trinajstić information content (AvgIpc) is 2.79. The Morgan fingerprint density at radius 3 is 2.63 bits per heavy atom. The molecule has 0 aliphatic carbocycles. The first kappa shape index (κ1) is 21.2. The van der Waals surface area contributed by atoms with Crippen molar-refractivity contribution in [3.63, 3.8) is 0 Å². The standard InChI is InChI=1S/C25H35N3O2/c1-21-6-2-3-10-25(21)28-14-12-27(13-15-28)23-8-5-11-26(20-23)19-22-7-4-9-24(18-22)30-17-16-29/h2-4,6-7,9-10,18,23,29H,5,8,11-17,19-20H2,1H3/t23-/m0/s1. The lowest BCUT2D eigenvalue weighted by atomic mass is 10.0. The molecule has 2 aliphatic rings. The van der Waals surface area contributed by atoms with E-state index in [1.165, 1.54) is 36.2 Å². The van der Waals surface area contributed by atoms with Crippen LogP contribution in [0.2, 0.25) is 0 Å². The number of aryl methyl sites for hydroxylation is 1. The smallest absolute Gasteiger partial charge is 0.119 e. The maximum Gasteiger partial charge on any atom is 0.119 e. The quantitative estimate of drug-likeness (QED) is 0.761. The summed E-state index contributed by atoms with van der Waals surface area (Å²) in [6, 6.07) is 17.7. The third kappa shape index (κ3) is 5.34. The zero-order valence-electron chi connectivity index (χ0n) is 18.2. The molecule has 0 unspecified atom stereocenters. The first-order chi connectivity index (χ1) is 14.7. The van der Waals surface area contributed by atoms with E-state index in [0.29, 0.717) is 12.6 Å². The van der Waals surface area contributed by atoms with Gasteiger partial charge in [0.25, 0.3) is 0 Å². The molecule has 0 saturated carbocycles. The number of aliphatic hydroxyl groups is 1. The maximum absolute atomic E-state index is 8.96. The summed E-state index contributed by atoms with van der Waals surface area (Å²) in [5.41, 5.74) is 4.06. The number of anilines is 1. The van der Waals surface area contributed by atoms with Crippen molar-refractivity contribution < 1.29 is 9.84 Å². The molecule has 2 aromatic carbocycles. The lowest BCUT2D eigenvalue weighted by molar-refractivity contribution is 0.0887. The summed E-state index contributed by atoms with van der Waals surface area (Å²) in [6.45, 7) is 10.4. The van der Waals surface area contributed by atoms with Gasteiger partial charge in [0.2, 0.25) is 0 Å². The number of benzene rings is 2. The Morgan fingerprint density at radius 1 is 1.00 bits per heavy atom. The molecule has 1 atom stereocenters. The Labute approximate surface area is 180 Å². The third-order valence-corrected chi connectivity index (χ3v) is 6.43. The Morgan fingerprint density at radius 2 is 1.83 bits per heavy atom. The second-order valence-corrected chi connectivity index (χ2v) is 8.56. The van der Waals surface area contributed by atoms with Crippen LogP contribution in [-0.2, 0) is 6.54 Å². The van der Waals surface area contributed by atoms with E-state index < -0.39 is 0 Å². The second kappa shape index (κ2) is 10.3. The highest BCUT2D eigenvalue weighted by Gasteiger charge is 2.28. The van der Waals surface area contributed by atoms with Crippen LogP contribution >= 0.6 is 0 Å². The number of piperidine rings is 1. The molecule has 0 aromatic heterocycles. The first-order valence-corrected chi connectivity index (χ1v) is 11.3. The number of ether oxygens (including phenoxy) is 1. The minimum atomic E-state index is 0.0507. The molecule has 0 radical (unpaired) electrons. The highest BCUT2D eigenvalue weighted by atomic mass is 16.5. The van der Waals surface area contributed by atoms with Crippen molar-refractivity contribution >= 4 is 5.69 Å².